The van der Waals surface area contributed by atoms with Crippen LogP contribution >= 0.6 is 0 Å². The summed E-state index contributed by atoms with van der Waals surface area (Å²) in [6, 6.07) is 4.51. The van der Waals surface area contributed by atoms with E-state index >= 15 is 0 Å². The summed E-state index contributed by atoms with van der Waals surface area (Å²) in [5, 5.41) is 3.04. The zero-order valence-electron chi connectivity index (χ0n) is 11.3. The molecule has 0 radical (unpaired) electrons. The Labute approximate surface area is 107 Å². The fourth-order valence-electron chi connectivity index (χ4n) is 1.78. The third-order valence-corrected chi connectivity index (χ3v) is 2.84. The van der Waals surface area contributed by atoms with Crippen molar-refractivity contribution in [3.8, 4) is 0 Å². The third kappa shape index (κ3) is 3.81. The maximum absolute atomic E-state index is 13.5. The van der Waals surface area contributed by atoms with Crippen LogP contribution in [0.15, 0.2) is 18.2 Å². The second kappa shape index (κ2) is 6.50. The molecule has 0 aliphatic carbocycles. The molecule has 0 saturated carbocycles. The van der Waals surface area contributed by atoms with E-state index in [1.165, 1.54) is 13.2 Å². The van der Waals surface area contributed by atoms with Crippen LogP contribution in [0.4, 0.5) is 4.39 Å². The minimum absolute atomic E-state index is 0.0883. The van der Waals surface area contributed by atoms with E-state index in [1.54, 1.807) is 12.1 Å². The van der Waals surface area contributed by atoms with Crippen LogP contribution in [0, 0.1) is 18.7 Å². The molecule has 0 spiro atoms. The number of halogens is 1. The van der Waals surface area contributed by atoms with E-state index in [0.717, 1.165) is 5.56 Å². The Bertz CT molecular complexity index is 418. The molecule has 1 atom stereocenters. The van der Waals surface area contributed by atoms with Crippen molar-refractivity contribution in [2.45, 2.75) is 33.4 Å². The number of hydrogen-bond acceptors (Lipinski definition) is 3. The highest BCUT2D eigenvalue weighted by Crippen LogP contribution is 2.11. The van der Waals surface area contributed by atoms with E-state index in [4.69, 9.17) is 4.74 Å². The Morgan fingerprint density at radius 3 is 2.67 bits per heavy atom. The smallest absolute Gasteiger partial charge is 0.323 e. The molecular weight excluding hydrogens is 233 g/mol. The minimum Gasteiger partial charge on any atom is -0.468 e. The number of carbonyl (C=O) groups excluding carboxylic acids is 1. The summed E-state index contributed by atoms with van der Waals surface area (Å²) in [7, 11) is 1.35. The Kier molecular flexibility index (Phi) is 5.28. The molecule has 0 aromatic heterocycles. The van der Waals surface area contributed by atoms with Gasteiger partial charge in [-0.3, -0.25) is 10.1 Å². The van der Waals surface area contributed by atoms with Crippen LogP contribution in [-0.2, 0) is 16.1 Å². The highest BCUT2D eigenvalue weighted by molar-refractivity contribution is 5.75. The Hall–Kier alpha value is -1.42. The lowest BCUT2D eigenvalue weighted by atomic mass is 10.0. The van der Waals surface area contributed by atoms with Crippen molar-refractivity contribution >= 4 is 5.97 Å². The van der Waals surface area contributed by atoms with Crippen LogP contribution in [0.5, 0.6) is 0 Å². The van der Waals surface area contributed by atoms with Crippen molar-refractivity contribution in [1.82, 2.24) is 5.32 Å². The van der Waals surface area contributed by atoms with Gasteiger partial charge >= 0.3 is 5.97 Å². The number of benzene rings is 1. The van der Waals surface area contributed by atoms with Gasteiger partial charge in [0.1, 0.15) is 11.9 Å². The van der Waals surface area contributed by atoms with Gasteiger partial charge in [-0.2, -0.15) is 0 Å². The first-order chi connectivity index (χ1) is 8.45. The van der Waals surface area contributed by atoms with Gasteiger partial charge in [0.05, 0.1) is 7.11 Å². The SMILES string of the molecule is COC(=O)[C@@H](NCc1cc(C)ccc1F)C(C)C. The van der Waals surface area contributed by atoms with Crippen LogP contribution in [0.25, 0.3) is 0 Å². The molecule has 0 aliphatic rings. The van der Waals surface area contributed by atoms with E-state index < -0.39 is 6.04 Å². The van der Waals surface area contributed by atoms with Crippen molar-refractivity contribution < 1.29 is 13.9 Å². The van der Waals surface area contributed by atoms with Crippen LogP contribution in [-0.4, -0.2) is 19.1 Å². The van der Waals surface area contributed by atoms with Crippen molar-refractivity contribution in [3.63, 3.8) is 0 Å². The number of ether oxygens (including phenoxy) is 1. The number of carbonyl (C=O) groups is 1. The predicted molar refractivity (Wildman–Crippen MR) is 68.6 cm³/mol. The fraction of sp³-hybridized carbons (Fsp3) is 0.500. The number of nitrogens with one attached hydrogen (secondary N) is 1. The monoisotopic (exact) mass is 253 g/mol. The molecule has 18 heavy (non-hydrogen) atoms. The number of aryl methyl sites for hydroxylation is 1. The predicted octanol–water partition coefficient (Wildman–Crippen LogP) is 2.42. The lowest BCUT2D eigenvalue weighted by molar-refractivity contribution is -0.144. The van der Waals surface area contributed by atoms with Gasteiger partial charge in [-0.25, -0.2) is 4.39 Å². The average Bonchev–Trinajstić information content (AvgIpc) is 2.32. The van der Waals surface area contributed by atoms with Crippen LogP contribution in [0.1, 0.15) is 25.0 Å². The molecule has 1 aromatic rings. The van der Waals surface area contributed by atoms with Crippen molar-refractivity contribution in [2.24, 2.45) is 5.92 Å². The molecule has 0 heterocycles. The second-order valence-electron chi connectivity index (χ2n) is 4.72. The van der Waals surface area contributed by atoms with E-state index in [9.17, 15) is 9.18 Å². The van der Waals surface area contributed by atoms with Crippen LogP contribution in [0.2, 0.25) is 0 Å². The van der Waals surface area contributed by atoms with Crippen molar-refractivity contribution in [3.05, 3.63) is 35.1 Å². The number of rotatable bonds is 5. The van der Waals surface area contributed by atoms with Gasteiger partial charge in [0.25, 0.3) is 0 Å². The average molecular weight is 253 g/mol. The summed E-state index contributed by atoms with van der Waals surface area (Å²) in [6.07, 6.45) is 0. The van der Waals surface area contributed by atoms with Gasteiger partial charge in [-0.1, -0.05) is 31.5 Å². The lowest BCUT2D eigenvalue weighted by Gasteiger charge is -2.20. The standard InChI is InChI=1S/C14H20FNO2/c1-9(2)13(14(17)18-4)16-8-11-7-10(3)5-6-12(11)15/h5-7,9,13,16H,8H2,1-4H3/t13-/m0/s1. The Balaban J connectivity index is 2.73. The maximum Gasteiger partial charge on any atom is 0.323 e. The van der Waals surface area contributed by atoms with Crippen molar-refractivity contribution in [1.29, 1.82) is 0 Å². The minimum atomic E-state index is -0.421. The van der Waals surface area contributed by atoms with E-state index in [-0.39, 0.29) is 17.7 Å². The first-order valence-corrected chi connectivity index (χ1v) is 6.02. The number of esters is 1. The van der Waals surface area contributed by atoms with Crippen molar-refractivity contribution in [2.75, 3.05) is 7.11 Å². The maximum atomic E-state index is 13.5. The summed E-state index contributed by atoms with van der Waals surface area (Å²) in [5.74, 6) is -0.496. The first-order valence-electron chi connectivity index (χ1n) is 6.02. The van der Waals surface area contributed by atoms with E-state index in [1.807, 2.05) is 20.8 Å². The molecule has 0 saturated heterocycles. The highest BCUT2D eigenvalue weighted by Gasteiger charge is 2.22. The summed E-state index contributed by atoms with van der Waals surface area (Å²) in [6.45, 7) is 6.05. The highest BCUT2D eigenvalue weighted by atomic mass is 19.1. The third-order valence-electron chi connectivity index (χ3n) is 2.84. The topological polar surface area (TPSA) is 38.3 Å². The van der Waals surface area contributed by atoms with Gasteiger partial charge in [-0.05, 0) is 18.9 Å². The Morgan fingerprint density at radius 1 is 1.44 bits per heavy atom. The largest absolute Gasteiger partial charge is 0.468 e. The molecule has 0 amide bonds. The summed E-state index contributed by atoms with van der Waals surface area (Å²) in [5.41, 5.74) is 1.55. The molecule has 3 nitrogen and oxygen atoms in total. The first kappa shape index (κ1) is 14.6. The van der Waals surface area contributed by atoms with Gasteiger partial charge in [-0.15, -0.1) is 0 Å². The zero-order valence-corrected chi connectivity index (χ0v) is 11.3. The van der Waals surface area contributed by atoms with Gasteiger partial charge < -0.3 is 4.74 Å². The number of methoxy groups -OCH3 is 1. The molecule has 100 valence electrons. The zero-order chi connectivity index (χ0) is 13.7. The molecule has 4 heteroatoms. The lowest BCUT2D eigenvalue weighted by Crippen LogP contribution is -2.41. The fourth-order valence-corrected chi connectivity index (χ4v) is 1.78. The molecular formula is C14H20FNO2. The van der Waals surface area contributed by atoms with Gasteiger partial charge in [0, 0.05) is 12.1 Å². The quantitative estimate of drug-likeness (QED) is 0.819. The van der Waals surface area contributed by atoms with E-state index in [2.05, 4.69) is 5.32 Å². The molecule has 0 unspecified atom stereocenters. The normalized spacial score (nSPS) is 12.6. The molecule has 0 fully saturated rings. The second-order valence-corrected chi connectivity index (χ2v) is 4.72. The summed E-state index contributed by atoms with van der Waals surface area (Å²) < 4.78 is 18.3. The molecule has 1 N–H and O–H groups in total. The summed E-state index contributed by atoms with van der Waals surface area (Å²) >= 11 is 0. The van der Waals surface area contributed by atoms with E-state index in [0.29, 0.717) is 12.1 Å². The van der Waals surface area contributed by atoms with Crippen LogP contribution < -0.4 is 5.32 Å². The van der Waals surface area contributed by atoms with Crippen LogP contribution in [0.3, 0.4) is 0 Å². The molecule has 1 aromatic carbocycles. The Morgan fingerprint density at radius 2 is 2.11 bits per heavy atom. The van der Waals surface area contributed by atoms with Gasteiger partial charge in [0.15, 0.2) is 0 Å². The summed E-state index contributed by atoms with van der Waals surface area (Å²) in [4.78, 5) is 11.5. The number of hydrogen-bond donors (Lipinski definition) is 1. The molecule has 0 bridgehead atoms. The molecule has 0 aliphatic heterocycles. The molecule has 1 rings (SSSR count). The van der Waals surface area contributed by atoms with Gasteiger partial charge in [0.2, 0.25) is 0 Å².